The van der Waals surface area contributed by atoms with Gasteiger partial charge in [-0.1, -0.05) is 0 Å². The molecule has 0 amide bonds. The van der Waals surface area contributed by atoms with Crippen molar-refractivity contribution in [3.05, 3.63) is 11.9 Å². The van der Waals surface area contributed by atoms with Gasteiger partial charge in [-0.05, 0) is 39.0 Å². The number of piperidine rings is 1. The van der Waals surface area contributed by atoms with Gasteiger partial charge in [0, 0.05) is 45.6 Å². The lowest BCUT2D eigenvalue weighted by Gasteiger charge is -2.34. The molecule has 1 atom stereocenters. The Bertz CT molecular complexity index is 408. The van der Waals surface area contributed by atoms with Crippen LogP contribution in [0, 0.1) is 12.8 Å². The summed E-state index contributed by atoms with van der Waals surface area (Å²) in [6, 6.07) is 0.306. The monoisotopic (exact) mass is 280 g/mol. The molecule has 1 aromatic rings. The van der Waals surface area contributed by atoms with Crippen molar-refractivity contribution in [3.8, 4) is 0 Å². The van der Waals surface area contributed by atoms with Crippen LogP contribution in [0.3, 0.4) is 0 Å². The molecular formula is C15H28N4O. The van der Waals surface area contributed by atoms with Crippen molar-refractivity contribution in [2.75, 3.05) is 31.7 Å². The Kier molecular flexibility index (Phi) is 5.43. The van der Waals surface area contributed by atoms with Crippen molar-refractivity contribution in [1.29, 1.82) is 0 Å². The minimum absolute atomic E-state index is 0.306. The molecular weight excluding hydrogens is 252 g/mol. The summed E-state index contributed by atoms with van der Waals surface area (Å²) in [6.07, 6.45) is 5.50. The van der Waals surface area contributed by atoms with Gasteiger partial charge < -0.3 is 19.9 Å². The molecule has 0 radical (unpaired) electrons. The van der Waals surface area contributed by atoms with Gasteiger partial charge in [-0.2, -0.15) is 0 Å². The van der Waals surface area contributed by atoms with Crippen LogP contribution in [-0.4, -0.2) is 42.4 Å². The molecule has 5 heteroatoms. The number of anilines is 1. The quantitative estimate of drug-likeness (QED) is 0.807. The van der Waals surface area contributed by atoms with Crippen LogP contribution >= 0.6 is 0 Å². The molecule has 2 heterocycles. The highest BCUT2D eigenvalue weighted by atomic mass is 16.5. The third kappa shape index (κ3) is 3.73. The fourth-order valence-electron chi connectivity index (χ4n) is 2.96. The number of nitrogens with zero attached hydrogens (tertiary/aromatic N) is 3. The minimum atomic E-state index is 0.306. The average Bonchev–Trinajstić information content (AvgIpc) is 2.80. The number of nitrogens with two attached hydrogens (primary N) is 1. The van der Waals surface area contributed by atoms with Gasteiger partial charge in [-0.25, -0.2) is 4.98 Å². The van der Waals surface area contributed by atoms with E-state index in [1.165, 1.54) is 12.8 Å². The Morgan fingerprint density at radius 2 is 2.15 bits per heavy atom. The maximum absolute atomic E-state index is 6.01. The van der Waals surface area contributed by atoms with Crippen molar-refractivity contribution in [1.82, 2.24) is 9.55 Å². The summed E-state index contributed by atoms with van der Waals surface area (Å²) < 4.78 is 7.40. The summed E-state index contributed by atoms with van der Waals surface area (Å²) in [5, 5.41) is 0. The van der Waals surface area contributed by atoms with E-state index in [9.17, 15) is 0 Å². The topological polar surface area (TPSA) is 56.3 Å². The van der Waals surface area contributed by atoms with Crippen molar-refractivity contribution in [3.63, 3.8) is 0 Å². The second kappa shape index (κ2) is 7.09. The second-order valence-electron chi connectivity index (χ2n) is 5.91. The highest BCUT2D eigenvalue weighted by Crippen LogP contribution is 2.24. The molecule has 1 aromatic heterocycles. The Hall–Kier alpha value is -1.07. The Morgan fingerprint density at radius 1 is 1.45 bits per heavy atom. The van der Waals surface area contributed by atoms with E-state index in [1.54, 1.807) is 7.11 Å². The van der Waals surface area contributed by atoms with Crippen molar-refractivity contribution in [2.45, 2.75) is 45.7 Å². The van der Waals surface area contributed by atoms with Gasteiger partial charge in [0.15, 0.2) is 0 Å². The van der Waals surface area contributed by atoms with E-state index in [-0.39, 0.29) is 0 Å². The number of imidazole rings is 1. The highest BCUT2D eigenvalue weighted by Gasteiger charge is 2.24. The fraction of sp³-hybridized carbons (Fsp3) is 0.800. The molecule has 5 nitrogen and oxygen atoms in total. The van der Waals surface area contributed by atoms with Gasteiger partial charge in [-0.15, -0.1) is 0 Å². The van der Waals surface area contributed by atoms with Crippen molar-refractivity contribution >= 4 is 5.95 Å². The lowest BCUT2D eigenvalue weighted by molar-refractivity contribution is 0.190. The van der Waals surface area contributed by atoms with E-state index in [0.717, 1.165) is 44.3 Å². The van der Waals surface area contributed by atoms with Crippen LogP contribution in [0.5, 0.6) is 0 Å². The second-order valence-corrected chi connectivity index (χ2v) is 5.91. The Balaban J connectivity index is 1.98. The van der Waals surface area contributed by atoms with Gasteiger partial charge >= 0.3 is 0 Å². The summed E-state index contributed by atoms with van der Waals surface area (Å²) in [5.74, 6) is 1.77. The third-order valence-electron chi connectivity index (χ3n) is 4.19. The summed E-state index contributed by atoms with van der Waals surface area (Å²) in [5.41, 5.74) is 7.10. The molecule has 1 aliphatic heterocycles. The fourth-order valence-corrected chi connectivity index (χ4v) is 2.96. The Labute approximate surface area is 122 Å². The molecule has 0 aromatic carbocycles. The highest BCUT2D eigenvalue weighted by molar-refractivity contribution is 5.34. The standard InChI is InChI=1S/C15H28N4O/c1-12-11-19(7-4-10-20-3)15(17-12)18-8-5-14(6-9-18)13(2)16/h11,13-14H,4-10,16H2,1-3H3. The van der Waals surface area contributed by atoms with Gasteiger partial charge in [0.2, 0.25) is 5.95 Å². The SMILES string of the molecule is COCCCn1cc(C)nc1N1CCC(C(C)N)CC1. The molecule has 2 N–H and O–H groups in total. The van der Waals surface area contributed by atoms with Crippen molar-refractivity contribution < 1.29 is 4.74 Å². The molecule has 1 unspecified atom stereocenters. The number of aromatic nitrogens is 2. The molecule has 1 saturated heterocycles. The summed E-state index contributed by atoms with van der Waals surface area (Å²) >= 11 is 0. The number of hydrogen-bond acceptors (Lipinski definition) is 4. The summed E-state index contributed by atoms with van der Waals surface area (Å²) in [6.45, 7) is 8.07. The lowest BCUT2D eigenvalue weighted by atomic mass is 9.91. The van der Waals surface area contributed by atoms with Crippen LogP contribution in [0.25, 0.3) is 0 Å². The zero-order chi connectivity index (χ0) is 14.5. The predicted octanol–water partition coefficient (Wildman–Crippen LogP) is 1.79. The van der Waals surface area contributed by atoms with Gasteiger partial charge in [-0.3, -0.25) is 0 Å². The maximum atomic E-state index is 6.01. The molecule has 20 heavy (non-hydrogen) atoms. The van der Waals surface area contributed by atoms with Gasteiger partial charge in [0.05, 0.1) is 5.69 Å². The number of rotatable bonds is 6. The Morgan fingerprint density at radius 3 is 2.75 bits per heavy atom. The zero-order valence-corrected chi connectivity index (χ0v) is 13.0. The first-order chi connectivity index (χ1) is 9.61. The number of methoxy groups -OCH3 is 1. The normalized spacial score (nSPS) is 18.5. The van der Waals surface area contributed by atoms with Crippen LogP contribution in [0.4, 0.5) is 5.95 Å². The lowest BCUT2D eigenvalue weighted by Crippen LogP contribution is -2.40. The first-order valence-corrected chi connectivity index (χ1v) is 7.65. The number of aryl methyl sites for hydroxylation is 2. The first-order valence-electron chi connectivity index (χ1n) is 7.65. The number of hydrogen-bond donors (Lipinski definition) is 1. The van der Waals surface area contributed by atoms with Crippen LogP contribution in [0.1, 0.15) is 31.9 Å². The van der Waals surface area contributed by atoms with Crippen LogP contribution in [-0.2, 0) is 11.3 Å². The third-order valence-corrected chi connectivity index (χ3v) is 4.19. The first kappa shape index (κ1) is 15.3. The zero-order valence-electron chi connectivity index (χ0n) is 13.0. The van der Waals surface area contributed by atoms with Gasteiger partial charge in [0.25, 0.3) is 0 Å². The van der Waals surface area contributed by atoms with E-state index in [1.807, 2.05) is 0 Å². The van der Waals surface area contributed by atoms with E-state index in [4.69, 9.17) is 15.5 Å². The molecule has 2 rings (SSSR count). The molecule has 0 spiro atoms. The van der Waals surface area contributed by atoms with E-state index < -0.39 is 0 Å². The number of ether oxygens (including phenoxy) is 1. The van der Waals surface area contributed by atoms with E-state index in [2.05, 4.69) is 29.5 Å². The average molecular weight is 280 g/mol. The largest absolute Gasteiger partial charge is 0.385 e. The van der Waals surface area contributed by atoms with Crippen LogP contribution in [0.15, 0.2) is 6.20 Å². The van der Waals surface area contributed by atoms with E-state index in [0.29, 0.717) is 12.0 Å². The van der Waals surface area contributed by atoms with Crippen molar-refractivity contribution in [2.24, 2.45) is 11.7 Å². The molecule has 1 fully saturated rings. The smallest absolute Gasteiger partial charge is 0.205 e. The molecule has 0 saturated carbocycles. The minimum Gasteiger partial charge on any atom is -0.385 e. The van der Waals surface area contributed by atoms with Crippen LogP contribution in [0.2, 0.25) is 0 Å². The molecule has 0 bridgehead atoms. The predicted molar refractivity (Wildman–Crippen MR) is 82.0 cm³/mol. The summed E-state index contributed by atoms with van der Waals surface area (Å²) in [4.78, 5) is 7.10. The maximum Gasteiger partial charge on any atom is 0.205 e. The molecule has 1 aliphatic rings. The molecule has 0 aliphatic carbocycles. The molecule has 114 valence electrons. The van der Waals surface area contributed by atoms with Gasteiger partial charge in [0.1, 0.15) is 0 Å². The van der Waals surface area contributed by atoms with E-state index >= 15 is 0 Å². The summed E-state index contributed by atoms with van der Waals surface area (Å²) in [7, 11) is 1.75. The van der Waals surface area contributed by atoms with Crippen LogP contribution < -0.4 is 10.6 Å².